The zero-order valence-electron chi connectivity index (χ0n) is 8.52. The highest BCUT2D eigenvalue weighted by molar-refractivity contribution is 7.15. The topological polar surface area (TPSA) is 48.1 Å². The summed E-state index contributed by atoms with van der Waals surface area (Å²) in [4.78, 5) is 4.95. The van der Waals surface area contributed by atoms with E-state index in [-0.39, 0.29) is 0 Å². The maximum atomic E-state index is 5.73. The summed E-state index contributed by atoms with van der Waals surface area (Å²) in [6.45, 7) is 1.00. The Bertz CT molecular complexity index is 473. The molecule has 0 aliphatic rings. The number of ether oxygens (including phenoxy) is 1. The summed E-state index contributed by atoms with van der Waals surface area (Å²) < 4.78 is 6.14. The highest BCUT2D eigenvalue weighted by atomic mass is 35.5. The minimum Gasteiger partial charge on any atom is -0.488 e. The first kappa shape index (κ1) is 11.4. The van der Waals surface area contributed by atoms with Gasteiger partial charge in [0.2, 0.25) is 0 Å². The predicted molar refractivity (Wildman–Crippen MR) is 65.8 cm³/mol. The molecule has 0 amide bonds. The molecule has 3 nitrogen and oxygen atoms in total. The van der Waals surface area contributed by atoms with Crippen molar-refractivity contribution in [2.75, 3.05) is 0 Å². The summed E-state index contributed by atoms with van der Waals surface area (Å²) in [5.41, 5.74) is 6.60. The second-order valence-electron chi connectivity index (χ2n) is 3.22. The second kappa shape index (κ2) is 5.30. The van der Waals surface area contributed by atoms with Crippen molar-refractivity contribution < 1.29 is 4.74 Å². The van der Waals surface area contributed by atoms with Gasteiger partial charge in [0.05, 0.1) is 4.88 Å². The average Bonchev–Trinajstić information content (AvgIpc) is 2.73. The van der Waals surface area contributed by atoms with Crippen LogP contribution in [0, 0.1) is 0 Å². The molecule has 0 unspecified atom stereocenters. The van der Waals surface area contributed by atoms with Crippen LogP contribution >= 0.6 is 22.9 Å². The van der Waals surface area contributed by atoms with Gasteiger partial charge in [-0.1, -0.05) is 23.7 Å². The van der Waals surface area contributed by atoms with Gasteiger partial charge in [0.1, 0.15) is 12.4 Å². The first-order valence-corrected chi connectivity index (χ1v) is 5.99. The van der Waals surface area contributed by atoms with Crippen LogP contribution in [0.5, 0.6) is 5.75 Å². The van der Waals surface area contributed by atoms with Crippen LogP contribution in [-0.2, 0) is 13.2 Å². The molecule has 0 aliphatic heterocycles. The number of aromatic nitrogens is 1. The molecule has 0 bridgehead atoms. The Hall–Kier alpha value is -1.10. The van der Waals surface area contributed by atoms with Gasteiger partial charge in [-0.3, -0.25) is 0 Å². The van der Waals surface area contributed by atoms with E-state index in [1.165, 1.54) is 11.3 Å². The van der Waals surface area contributed by atoms with Crippen LogP contribution in [0.4, 0.5) is 0 Å². The van der Waals surface area contributed by atoms with Crippen LogP contribution < -0.4 is 10.5 Å². The van der Waals surface area contributed by atoms with Gasteiger partial charge in [0.25, 0.3) is 0 Å². The number of halogens is 1. The molecule has 0 saturated heterocycles. The zero-order valence-corrected chi connectivity index (χ0v) is 10.1. The van der Waals surface area contributed by atoms with Gasteiger partial charge >= 0.3 is 0 Å². The van der Waals surface area contributed by atoms with Crippen molar-refractivity contribution in [1.82, 2.24) is 4.98 Å². The highest BCUT2D eigenvalue weighted by Crippen LogP contribution is 2.20. The van der Waals surface area contributed by atoms with Gasteiger partial charge in [-0.15, -0.1) is 11.3 Å². The molecule has 2 rings (SSSR count). The van der Waals surface area contributed by atoms with E-state index in [0.717, 1.165) is 16.2 Å². The summed E-state index contributed by atoms with van der Waals surface area (Å²) in [5, 5.41) is 0. The molecule has 0 fully saturated rings. The Labute approximate surface area is 103 Å². The van der Waals surface area contributed by atoms with Gasteiger partial charge in [-0.05, 0) is 17.7 Å². The summed E-state index contributed by atoms with van der Waals surface area (Å²) in [6.07, 6.45) is 1.72. The number of hydrogen-bond acceptors (Lipinski definition) is 4. The molecule has 16 heavy (non-hydrogen) atoms. The molecule has 0 aliphatic carbocycles. The van der Waals surface area contributed by atoms with Crippen LogP contribution in [0.25, 0.3) is 0 Å². The number of nitrogens with two attached hydrogens (primary N) is 1. The summed E-state index contributed by atoms with van der Waals surface area (Å²) in [5.74, 6) is 0.812. The predicted octanol–water partition coefficient (Wildman–Crippen LogP) is 2.83. The standard InChI is InChI=1S/C11H11ClN2OS/c12-11-14-6-10(16-11)7-15-9-3-1-2-8(4-9)5-13/h1-4,6H,5,7,13H2. The van der Waals surface area contributed by atoms with Crippen molar-refractivity contribution >= 4 is 22.9 Å². The lowest BCUT2D eigenvalue weighted by molar-refractivity contribution is 0.309. The minimum absolute atomic E-state index is 0.485. The Kier molecular flexibility index (Phi) is 3.77. The zero-order chi connectivity index (χ0) is 11.4. The van der Waals surface area contributed by atoms with Crippen molar-refractivity contribution in [3.63, 3.8) is 0 Å². The SMILES string of the molecule is NCc1cccc(OCc2cnc(Cl)s2)c1. The molecule has 0 atom stereocenters. The number of rotatable bonds is 4. The van der Waals surface area contributed by atoms with Gasteiger partial charge in [-0.25, -0.2) is 4.98 Å². The van der Waals surface area contributed by atoms with Crippen molar-refractivity contribution in [2.45, 2.75) is 13.2 Å². The normalized spacial score (nSPS) is 10.4. The van der Waals surface area contributed by atoms with Gasteiger partial charge in [-0.2, -0.15) is 0 Å². The fourth-order valence-electron chi connectivity index (χ4n) is 1.27. The quantitative estimate of drug-likeness (QED) is 0.913. The first-order valence-electron chi connectivity index (χ1n) is 4.80. The fraction of sp³-hybridized carbons (Fsp3) is 0.182. The molecule has 84 valence electrons. The van der Waals surface area contributed by atoms with E-state index in [1.54, 1.807) is 6.20 Å². The minimum atomic E-state index is 0.485. The maximum absolute atomic E-state index is 5.73. The molecule has 1 aromatic heterocycles. The van der Waals surface area contributed by atoms with Crippen LogP contribution in [0.2, 0.25) is 4.47 Å². The van der Waals surface area contributed by atoms with E-state index in [0.29, 0.717) is 17.6 Å². The Morgan fingerprint density at radius 2 is 2.31 bits per heavy atom. The largest absolute Gasteiger partial charge is 0.488 e. The molecule has 0 spiro atoms. The molecule has 0 saturated carbocycles. The van der Waals surface area contributed by atoms with Gasteiger partial charge in [0, 0.05) is 12.7 Å². The third kappa shape index (κ3) is 2.95. The summed E-state index contributed by atoms with van der Waals surface area (Å²) >= 11 is 7.15. The molecule has 2 aromatic rings. The molecular formula is C11H11ClN2OS. The van der Waals surface area contributed by atoms with Crippen molar-refractivity contribution in [1.29, 1.82) is 0 Å². The first-order chi connectivity index (χ1) is 7.78. The van der Waals surface area contributed by atoms with Crippen LogP contribution in [-0.4, -0.2) is 4.98 Å². The number of benzene rings is 1. The summed E-state index contributed by atoms with van der Waals surface area (Å²) in [7, 11) is 0. The van der Waals surface area contributed by atoms with E-state index in [1.807, 2.05) is 24.3 Å². The average molecular weight is 255 g/mol. The lowest BCUT2D eigenvalue weighted by Gasteiger charge is -2.05. The molecule has 1 heterocycles. The van der Waals surface area contributed by atoms with Crippen molar-refractivity contribution in [2.24, 2.45) is 5.73 Å². The molecular weight excluding hydrogens is 244 g/mol. The maximum Gasteiger partial charge on any atom is 0.183 e. The molecule has 0 radical (unpaired) electrons. The van der Waals surface area contributed by atoms with Crippen molar-refractivity contribution in [3.8, 4) is 5.75 Å². The Morgan fingerprint density at radius 1 is 1.44 bits per heavy atom. The van der Waals surface area contributed by atoms with Gasteiger partial charge < -0.3 is 10.5 Å². The smallest absolute Gasteiger partial charge is 0.183 e. The fourth-order valence-corrected chi connectivity index (χ4v) is 2.16. The Balaban J connectivity index is 1.99. The lowest BCUT2D eigenvalue weighted by Crippen LogP contribution is -1.97. The molecule has 2 N–H and O–H groups in total. The third-order valence-corrected chi connectivity index (χ3v) is 3.13. The van der Waals surface area contributed by atoms with Crippen LogP contribution in [0.15, 0.2) is 30.5 Å². The van der Waals surface area contributed by atoms with Crippen LogP contribution in [0.3, 0.4) is 0 Å². The summed E-state index contributed by atoms with van der Waals surface area (Å²) in [6, 6.07) is 7.73. The van der Waals surface area contributed by atoms with Crippen LogP contribution in [0.1, 0.15) is 10.4 Å². The molecule has 5 heteroatoms. The third-order valence-electron chi connectivity index (χ3n) is 2.04. The lowest BCUT2D eigenvalue weighted by atomic mass is 10.2. The monoisotopic (exact) mass is 254 g/mol. The Morgan fingerprint density at radius 3 is 3.00 bits per heavy atom. The van der Waals surface area contributed by atoms with E-state index < -0.39 is 0 Å². The van der Waals surface area contributed by atoms with E-state index in [9.17, 15) is 0 Å². The van der Waals surface area contributed by atoms with E-state index in [4.69, 9.17) is 22.1 Å². The van der Waals surface area contributed by atoms with Gasteiger partial charge in [0.15, 0.2) is 4.47 Å². The van der Waals surface area contributed by atoms with E-state index >= 15 is 0 Å². The second-order valence-corrected chi connectivity index (χ2v) is 4.92. The number of hydrogen-bond donors (Lipinski definition) is 1. The molecule has 1 aromatic carbocycles. The van der Waals surface area contributed by atoms with Crippen molar-refractivity contribution in [3.05, 3.63) is 45.4 Å². The van der Waals surface area contributed by atoms with E-state index in [2.05, 4.69) is 4.98 Å². The highest BCUT2D eigenvalue weighted by Gasteiger charge is 2.01. The number of nitrogens with zero attached hydrogens (tertiary/aromatic N) is 1. The number of thiazole rings is 1.